The number of amides is 1. The maximum atomic E-state index is 12.1. The zero-order chi connectivity index (χ0) is 14.3. The van der Waals surface area contributed by atoms with Gasteiger partial charge in [0.1, 0.15) is 6.54 Å². The van der Waals surface area contributed by atoms with Crippen molar-refractivity contribution >= 4 is 17.6 Å². The van der Waals surface area contributed by atoms with Crippen LogP contribution in [-0.4, -0.2) is 36.5 Å². The van der Waals surface area contributed by atoms with Crippen molar-refractivity contribution in [1.82, 2.24) is 4.90 Å². The van der Waals surface area contributed by atoms with Crippen molar-refractivity contribution in [2.75, 3.05) is 25.4 Å². The second-order valence-corrected chi connectivity index (χ2v) is 4.09. The Hall–Kier alpha value is -2.04. The van der Waals surface area contributed by atoms with Gasteiger partial charge in [-0.2, -0.15) is 0 Å². The lowest BCUT2D eigenvalue weighted by Gasteiger charge is -2.20. The predicted molar refractivity (Wildman–Crippen MR) is 73.4 cm³/mol. The number of likely N-dealkylation sites (N-methyl/N-ethyl adjacent to an activating group) is 1. The van der Waals surface area contributed by atoms with Crippen LogP contribution in [0.1, 0.15) is 19.4 Å². The van der Waals surface area contributed by atoms with E-state index in [0.29, 0.717) is 18.8 Å². The number of nitrogens with two attached hydrogens (primary N) is 1. The highest BCUT2D eigenvalue weighted by Gasteiger charge is 2.17. The van der Waals surface area contributed by atoms with E-state index < -0.39 is 5.97 Å². The summed E-state index contributed by atoms with van der Waals surface area (Å²) in [5, 5.41) is 0. The second-order valence-electron chi connectivity index (χ2n) is 4.09. The minimum atomic E-state index is -0.390. The normalized spacial score (nSPS) is 10.0. The van der Waals surface area contributed by atoms with E-state index in [1.54, 1.807) is 13.0 Å². The second kappa shape index (κ2) is 7.41. The Morgan fingerprint density at radius 2 is 1.95 bits per heavy atom. The van der Waals surface area contributed by atoms with Gasteiger partial charge in [0.25, 0.3) is 0 Å². The number of anilines is 1. The van der Waals surface area contributed by atoms with Crippen LogP contribution in [0.5, 0.6) is 0 Å². The van der Waals surface area contributed by atoms with E-state index in [0.717, 1.165) is 5.56 Å². The molecule has 5 nitrogen and oxygen atoms in total. The molecule has 0 aliphatic rings. The Morgan fingerprint density at radius 3 is 2.53 bits per heavy atom. The van der Waals surface area contributed by atoms with Crippen molar-refractivity contribution < 1.29 is 14.3 Å². The highest BCUT2D eigenvalue weighted by atomic mass is 16.5. The molecule has 0 unspecified atom stereocenters. The number of benzene rings is 1. The molecule has 0 aliphatic heterocycles. The molecule has 0 atom stereocenters. The Morgan fingerprint density at radius 1 is 1.26 bits per heavy atom. The van der Waals surface area contributed by atoms with Crippen molar-refractivity contribution in [1.29, 1.82) is 0 Å². The number of ether oxygens (including phenoxy) is 1. The van der Waals surface area contributed by atoms with Crippen molar-refractivity contribution in [2.24, 2.45) is 0 Å². The summed E-state index contributed by atoms with van der Waals surface area (Å²) in [5.74, 6) is -0.521. The van der Waals surface area contributed by atoms with Crippen LogP contribution in [0.25, 0.3) is 0 Å². The molecular weight excluding hydrogens is 244 g/mol. The maximum Gasteiger partial charge on any atom is 0.325 e. The van der Waals surface area contributed by atoms with Crippen LogP contribution in [0.15, 0.2) is 24.3 Å². The van der Waals surface area contributed by atoms with Crippen molar-refractivity contribution in [2.45, 2.75) is 20.3 Å². The van der Waals surface area contributed by atoms with E-state index in [-0.39, 0.29) is 18.9 Å². The number of hydrogen-bond donors (Lipinski definition) is 1. The molecule has 19 heavy (non-hydrogen) atoms. The average molecular weight is 264 g/mol. The lowest BCUT2D eigenvalue weighted by molar-refractivity contribution is -0.148. The largest absolute Gasteiger partial charge is 0.465 e. The maximum absolute atomic E-state index is 12.1. The van der Waals surface area contributed by atoms with Gasteiger partial charge in [0.15, 0.2) is 0 Å². The number of carbonyl (C=O) groups excluding carboxylic acids is 2. The van der Waals surface area contributed by atoms with E-state index >= 15 is 0 Å². The summed E-state index contributed by atoms with van der Waals surface area (Å²) in [6, 6.07) is 7.22. The average Bonchev–Trinajstić information content (AvgIpc) is 2.39. The Bertz CT molecular complexity index is 446. The fourth-order valence-corrected chi connectivity index (χ4v) is 1.71. The molecule has 1 aromatic rings. The topological polar surface area (TPSA) is 72.6 Å². The Balaban J connectivity index is 2.64. The van der Waals surface area contributed by atoms with Gasteiger partial charge in [-0.25, -0.2) is 0 Å². The first-order valence-electron chi connectivity index (χ1n) is 6.35. The van der Waals surface area contributed by atoms with Crippen molar-refractivity contribution in [3.8, 4) is 0 Å². The van der Waals surface area contributed by atoms with Crippen LogP contribution >= 0.6 is 0 Å². The van der Waals surface area contributed by atoms with Gasteiger partial charge < -0.3 is 15.4 Å². The number of carbonyl (C=O) groups is 2. The fourth-order valence-electron chi connectivity index (χ4n) is 1.71. The minimum Gasteiger partial charge on any atom is -0.465 e. The standard InChI is InChI=1S/C14H20N2O3/c1-3-16(10-14(18)19-4-2)13(17)9-11-7-5-6-8-12(11)15/h5-8H,3-4,9-10,15H2,1-2H3. The molecular formula is C14H20N2O3. The minimum absolute atomic E-state index is 0.0179. The van der Waals surface area contributed by atoms with Crippen LogP contribution in [0.3, 0.4) is 0 Å². The van der Waals surface area contributed by atoms with E-state index in [1.165, 1.54) is 4.90 Å². The quantitative estimate of drug-likeness (QED) is 0.619. The summed E-state index contributed by atoms with van der Waals surface area (Å²) in [6.07, 6.45) is 0.194. The summed E-state index contributed by atoms with van der Waals surface area (Å²) in [6.45, 7) is 4.32. The predicted octanol–water partition coefficient (Wildman–Crippen LogP) is 1.22. The van der Waals surface area contributed by atoms with Gasteiger partial charge in [-0.3, -0.25) is 9.59 Å². The monoisotopic (exact) mass is 264 g/mol. The molecule has 0 saturated carbocycles. The molecule has 0 spiro atoms. The summed E-state index contributed by atoms with van der Waals surface area (Å²) < 4.78 is 4.84. The SMILES string of the molecule is CCOC(=O)CN(CC)C(=O)Cc1ccccc1N. The van der Waals surface area contributed by atoms with E-state index in [2.05, 4.69) is 0 Å². The van der Waals surface area contributed by atoms with E-state index in [1.807, 2.05) is 25.1 Å². The van der Waals surface area contributed by atoms with Crippen molar-refractivity contribution in [3.63, 3.8) is 0 Å². The summed E-state index contributed by atoms with van der Waals surface area (Å²) >= 11 is 0. The third kappa shape index (κ3) is 4.62. The smallest absolute Gasteiger partial charge is 0.325 e. The van der Waals surface area contributed by atoms with Crippen LogP contribution in [0.2, 0.25) is 0 Å². The molecule has 5 heteroatoms. The van der Waals surface area contributed by atoms with Crippen LogP contribution in [0, 0.1) is 0 Å². The van der Waals surface area contributed by atoms with Crippen LogP contribution in [0.4, 0.5) is 5.69 Å². The summed E-state index contributed by atoms with van der Waals surface area (Å²) in [5.41, 5.74) is 7.16. The van der Waals surface area contributed by atoms with Crippen LogP contribution < -0.4 is 5.73 Å². The van der Waals surface area contributed by atoms with Gasteiger partial charge in [-0.1, -0.05) is 18.2 Å². The summed E-state index contributed by atoms with van der Waals surface area (Å²) in [4.78, 5) is 25.0. The first-order valence-corrected chi connectivity index (χ1v) is 6.35. The molecule has 0 aromatic heterocycles. The van der Waals surface area contributed by atoms with E-state index in [9.17, 15) is 9.59 Å². The third-order valence-corrected chi connectivity index (χ3v) is 2.76. The number of rotatable bonds is 6. The van der Waals surface area contributed by atoms with Gasteiger partial charge >= 0.3 is 5.97 Å². The van der Waals surface area contributed by atoms with E-state index in [4.69, 9.17) is 10.5 Å². The molecule has 0 fully saturated rings. The first kappa shape index (κ1) is 15.0. The third-order valence-electron chi connectivity index (χ3n) is 2.76. The molecule has 0 bridgehead atoms. The van der Waals surface area contributed by atoms with Gasteiger partial charge in [0, 0.05) is 12.2 Å². The number of hydrogen-bond acceptors (Lipinski definition) is 4. The zero-order valence-electron chi connectivity index (χ0n) is 11.4. The van der Waals surface area contributed by atoms with Crippen LogP contribution in [-0.2, 0) is 20.7 Å². The number of esters is 1. The Labute approximate surface area is 113 Å². The molecule has 0 aliphatic carbocycles. The number of nitrogen functional groups attached to an aromatic ring is 1. The molecule has 104 valence electrons. The Kier molecular flexibility index (Phi) is 5.85. The highest BCUT2D eigenvalue weighted by Crippen LogP contribution is 2.12. The molecule has 1 amide bonds. The molecule has 0 radical (unpaired) electrons. The first-order chi connectivity index (χ1) is 9.08. The van der Waals surface area contributed by atoms with Gasteiger partial charge in [-0.15, -0.1) is 0 Å². The van der Waals surface area contributed by atoms with Gasteiger partial charge in [-0.05, 0) is 25.5 Å². The lowest BCUT2D eigenvalue weighted by atomic mass is 10.1. The molecule has 0 saturated heterocycles. The molecule has 1 aromatic carbocycles. The lowest BCUT2D eigenvalue weighted by Crippen LogP contribution is -2.37. The zero-order valence-corrected chi connectivity index (χ0v) is 11.4. The molecule has 1 rings (SSSR count). The number of para-hydroxylation sites is 1. The van der Waals surface area contributed by atoms with Crippen molar-refractivity contribution in [3.05, 3.63) is 29.8 Å². The van der Waals surface area contributed by atoms with Gasteiger partial charge in [0.05, 0.1) is 13.0 Å². The van der Waals surface area contributed by atoms with Gasteiger partial charge in [0.2, 0.25) is 5.91 Å². The highest BCUT2D eigenvalue weighted by molar-refractivity contribution is 5.84. The molecule has 0 heterocycles. The molecule has 2 N–H and O–H groups in total. The number of nitrogens with zero attached hydrogens (tertiary/aromatic N) is 1. The fraction of sp³-hybridized carbons (Fsp3) is 0.429. The summed E-state index contributed by atoms with van der Waals surface area (Å²) in [7, 11) is 0.